The summed E-state index contributed by atoms with van der Waals surface area (Å²) in [7, 11) is 1.43. The summed E-state index contributed by atoms with van der Waals surface area (Å²) in [6.07, 6.45) is 2.61. The van der Waals surface area contributed by atoms with Gasteiger partial charge in [0, 0.05) is 12.0 Å². The fourth-order valence-electron chi connectivity index (χ4n) is 2.66. The zero-order valence-corrected chi connectivity index (χ0v) is 10.5. The SMILES string of the molecule is COC(=O)C1=Cc2cc(C)c3ccccc3c2C1. The molecule has 0 spiro atoms. The van der Waals surface area contributed by atoms with Crippen molar-refractivity contribution < 1.29 is 9.53 Å². The molecular formula is C16H14O2. The zero-order valence-electron chi connectivity index (χ0n) is 10.5. The van der Waals surface area contributed by atoms with Crippen LogP contribution < -0.4 is 0 Å². The number of hydrogen-bond donors (Lipinski definition) is 0. The van der Waals surface area contributed by atoms with Crippen molar-refractivity contribution in [3.05, 3.63) is 52.6 Å². The van der Waals surface area contributed by atoms with Gasteiger partial charge in [-0.2, -0.15) is 0 Å². The molecule has 3 rings (SSSR count). The van der Waals surface area contributed by atoms with Gasteiger partial charge in [-0.1, -0.05) is 30.3 Å². The van der Waals surface area contributed by atoms with Gasteiger partial charge in [0.05, 0.1) is 7.11 Å². The summed E-state index contributed by atoms with van der Waals surface area (Å²) >= 11 is 0. The second kappa shape index (κ2) is 3.98. The van der Waals surface area contributed by atoms with E-state index in [0.29, 0.717) is 6.42 Å². The van der Waals surface area contributed by atoms with Crippen molar-refractivity contribution in [2.24, 2.45) is 0 Å². The molecule has 0 fully saturated rings. The largest absolute Gasteiger partial charge is 0.466 e. The number of rotatable bonds is 1. The zero-order chi connectivity index (χ0) is 12.7. The van der Waals surface area contributed by atoms with E-state index < -0.39 is 0 Å². The first kappa shape index (κ1) is 11.0. The van der Waals surface area contributed by atoms with Crippen LogP contribution in [-0.2, 0) is 16.0 Å². The van der Waals surface area contributed by atoms with Crippen molar-refractivity contribution in [3.63, 3.8) is 0 Å². The summed E-state index contributed by atoms with van der Waals surface area (Å²) in [6.45, 7) is 2.10. The minimum Gasteiger partial charge on any atom is -0.466 e. The molecule has 0 amide bonds. The summed E-state index contributed by atoms with van der Waals surface area (Å²) < 4.78 is 4.80. The highest BCUT2D eigenvalue weighted by Crippen LogP contribution is 2.34. The fourth-order valence-corrected chi connectivity index (χ4v) is 2.66. The molecular weight excluding hydrogens is 224 g/mol. The van der Waals surface area contributed by atoms with Crippen LogP contribution in [0.4, 0.5) is 0 Å². The number of carbonyl (C=O) groups excluding carboxylic acids is 1. The minimum atomic E-state index is -0.229. The highest BCUT2D eigenvalue weighted by Gasteiger charge is 2.21. The van der Waals surface area contributed by atoms with E-state index in [0.717, 1.165) is 11.1 Å². The molecule has 0 radical (unpaired) electrons. The lowest BCUT2D eigenvalue weighted by atomic mass is 9.96. The van der Waals surface area contributed by atoms with Crippen molar-refractivity contribution >= 4 is 22.8 Å². The average molecular weight is 238 g/mol. The summed E-state index contributed by atoms with van der Waals surface area (Å²) in [6, 6.07) is 10.5. The summed E-state index contributed by atoms with van der Waals surface area (Å²) in [5.74, 6) is -0.229. The first-order chi connectivity index (χ1) is 8.70. The lowest BCUT2D eigenvalue weighted by Crippen LogP contribution is -2.04. The van der Waals surface area contributed by atoms with E-state index in [1.54, 1.807) is 0 Å². The van der Waals surface area contributed by atoms with E-state index in [4.69, 9.17) is 4.74 Å². The Bertz CT molecular complexity index is 681. The van der Waals surface area contributed by atoms with E-state index in [1.807, 2.05) is 18.2 Å². The maximum absolute atomic E-state index is 11.6. The first-order valence-electron chi connectivity index (χ1n) is 6.01. The Kier molecular flexibility index (Phi) is 2.44. The normalized spacial score (nSPS) is 13.3. The maximum Gasteiger partial charge on any atom is 0.334 e. The highest BCUT2D eigenvalue weighted by molar-refractivity contribution is 6.01. The van der Waals surface area contributed by atoms with Crippen LogP contribution in [0.25, 0.3) is 16.8 Å². The lowest BCUT2D eigenvalue weighted by molar-refractivity contribution is -0.136. The van der Waals surface area contributed by atoms with Gasteiger partial charge in [-0.15, -0.1) is 0 Å². The van der Waals surface area contributed by atoms with Crippen molar-refractivity contribution in [3.8, 4) is 0 Å². The van der Waals surface area contributed by atoms with E-state index >= 15 is 0 Å². The monoisotopic (exact) mass is 238 g/mol. The molecule has 2 nitrogen and oxygen atoms in total. The molecule has 0 saturated heterocycles. The van der Waals surface area contributed by atoms with Gasteiger partial charge in [0.15, 0.2) is 0 Å². The van der Waals surface area contributed by atoms with Crippen LogP contribution >= 0.6 is 0 Å². The number of methoxy groups -OCH3 is 1. The second-order valence-corrected chi connectivity index (χ2v) is 4.64. The summed E-state index contributed by atoms with van der Waals surface area (Å²) in [4.78, 5) is 11.6. The van der Waals surface area contributed by atoms with Crippen LogP contribution in [0.15, 0.2) is 35.9 Å². The number of aryl methyl sites for hydroxylation is 1. The summed E-state index contributed by atoms with van der Waals surface area (Å²) in [5.41, 5.74) is 4.36. The van der Waals surface area contributed by atoms with Gasteiger partial charge in [-0.3, -0.25) is 0 Å². The van der Waals surface area contributed by atoms with E-state index in [-0.39, 0.29) is 5.97 Å². The molecule has 0 unspecified atom stereocenters. The molecule has 0 saturated carbocycles. The molecule has 0 aliphatic heterocycles. The number of fused-ring (bicyclic) bond motifs is 3. The van der Waals surface area contributed by atoms with Crippen molar-refractivity contribution in [2.75, 3.05) is 7.11 Å². The Morgan fingerprint density at radius 2 is 1.94 bits per heavy atom. The Labute approximate surface area is 106 Å². The highest BCUT2D eigenvalue weighted by atomic mass is 16.5. The van der Waals surface area contributed by atoms with Crippen LogP contribution in [0.5, 0.6) is 0 Å². The van der Waals surface area contributed by atoms with Gasteiger partial charge in [-0.25, -0.2) is 4.79 Å². The van der Waals surface area contributed by atoms with Crippen molar-refractivity contribution in [1.82, 2.24) is 0 Å². The van der Waals surface area contributed by atoms with Gasteiger partial charge in [0.2, 0.25) is 0 Å². The van der Waals surface area contributed by atoms with Crippen molar-refractivity contribution in [2.45, 2.75) is 13.3 Å². The van der Waals surface area contributed by atoms with Crippen molar-refractivity contribution in [1.29, 1.82) is 0 Å². The Morgan fingerprint density at radius 3 is 2.67 bits per heavy atom. The molecule has 0 bridgehead atoms. The molecule has 90 valence electrons. The topological polar surface area (TPSA) is 26.3 Å². The van der Waals surface area contributed by atoms with Gasteiger partial charge >= 0.3 is 5.97 Å². The quantitative estimate of drug-likeness (QED) is 0.713. The van der Waals surface area contributed by atoms with E-state index in [1.165, 1.54) is 29.0 Å². The number of benzene rings is 2. The number of carbonyl (C=O) groups is 1. The molecule has 0 heterocycles. The van der Waals surface area contributed by atoms with Crippen LogP contribution in [0.2, 0.25) is 0 Å². The van der Waals surface area contributed by atoms with Gasteiger partial charge in [0.25, 0.3) is 0 Å². The maximum atomic E-state index is 11.6. The van der Waals surface area contributed by atoms with Crippen LogP contribution in [0, 0.1) is 6.92 Å². The molecule has 1 aliphatic carbocycles. The van der Waals surface area contributed by atoms with Crippen LogP contribution in [-0.4, -0.2) is 13.1 Å². The van der Waals surface area contributed by atoms with Crippen LogP contribution in [0.3, 0.4) is 0 Å². The van der Waals surface area contributed by atoms with E-state index in [2.05, 4.69) is 25.1 Å². The van der Waals surface area contributed by atoms with Gasteiger partial charge in [0.1, 0.15) is 0 Å². The molecule has 0 aromatic heterocycles. The molecule has 2 heteroatoms. The number of ether oxygens (including phenoxy) is 1. The predicted octanol–water partition coefficient (Wildman–Crippen LogP) is 3.26. The molecule has 2 aromatic carbocycles. The predicted molar refractivity (Wildman–Crippen MR) is 72.4 cm³/mol. The van der Waals surface area contributed by atoms with Gasteiger partial charge < -0.3 is 4.74 Å². The smallest absolute Gasteiger partial charge is 0.334 e. The molecule has 0 N–H and O–H groups in total. The molecule has 1 aliphatic rings. The van der Waals surface area contributed by atoms with Gasteiger partial charge in [-0.05, 0) is 40.5 Å². The third-order valence-corrected chi connectivity index (χ3v) is 3.54. The molecule has 0 atom stereocenters. The van der Waals surface area contributed by atoms with E-state index in [9.17, 15) is 4.79 Å². The third kappa shape index (κ3) is 1.53. The van der Waals surface area contributed by atoms with Crippen LogP contribution in [0.1, 0.15) is 16.7 Å². The third-order valence-electron chi connectivity index (χ3n) is 3.54. The second-order valence-electron chi connectivity index (χ2n) is 4.64. The fraction of sp³-hybridized carbons (Fsp3) is 0.188. The number of esters is 1. The Morgan fingerprint density at radius 1 is 1.22 bits per heavy atom. The molecule has 2 aromatic rings. The average Bonchev–Trinajstić information content (AvgIpc) is 2.82. The lowest BCUT2D eigenvalue weighted by Gasteiger charge is -2.08. The Hall–Kier alpha value is -2.09. The molecule has 18 heavy (non-hydrogen) atoms. The standard InChI is InChI=1S/C16H14O2/c1-10-7-11-8-12(16(17)18-2)9-15(11)14-6-4-3-5-13(10)14/h3-8H,9H2,1-2H3. The summed E-state index contributed by atoms with van der Waals surface area (Å²) in [5, 5.41) is 2.50. The Balaban J connectivity index is 2.20. The minimum absolute atomic E-state index is 0.229. The number of hydrogen-bond acceptors (Lipinski definition) is 2. The first-order valence-corrected chi connectivity index (χ1v) is 6.01.